The van der Waals surface area contributed by atoms with Gasteiger partial charge in [0.25, 0.3) is 0 Å². The zero-order chi connectivity index (χ0) is 13.2. The molecule has 0 radical (unpaired) electrons. The average Bonchev–Trinajstić information content (AvgIpc) is 2.57. The third kappa shape index (κ3) is 2.52. The summed E-state index contributed by atoms with van der Waals surface area (Å²) in [6, 6.07) is 3.05. The second-order valence-corrected chi connectivity index (χ2v) is 5.93. The molecular formula is C11H14F2N2O2S. The highest BCUT2D eigenvalue weighted by atomic mass is 32.2. The van der Waals surface area contributed by atoms with E-state index in [1.165, 1.54) is 0 Å². The van der Waals surface area contributed by atoms with Crippen molar-refractivity contribution in [3.63, 3.8) is 0 Å². The second kappa shape index (κ2) is 5.29. The number of halogens is 2. The number of benzene rings is 1. The molecule has 1 heterocycles. The molecule has 1 saturated heterocycles. The molecule has 7 heteroatoms. The van der Waals surface area contributed by atoms with Gasteiger partial charge in [0.2, 0.25) is 10.0 Å². The first kappa shape index (κ1) is 13.4. The van der Waals surface area contributed by atoms with Crippen LogP contribution in [0.4, 0.5) is 8.78 Å². The van der Waals surface area contributed by atoms with Crippen molar-refractivity contribution in [3.8, 4) is 0 Å². The van der Waals surface area contributed by atoms with E-state index in [1.807, 2.05) is 0 Å². The van der Waals surface area contributed by atoms with Gasteiger partial charge in [0.05, 0.1) is 0 Å². The molecule has 18 heavy (non-hydrogen) atoms. The molecule has 1 aromatic rings. The molecule has 1 aromatic carbocycles. The number of sulfonamides is 1. The first-order valence-electron chi connectivity index (χ1n) is 5.68. The second-order valence-electron chi connectivity index (χ2n) is 4.06. The van der Waals surface area contributed by atoms with Crippen molar-refractivity contribution < 1.29 is 17.2 Å². The van der Waals surface area contributed by atoms with Crippen molar-refractivity contribution in [2.75, 3.05) is 26.2 Å². The van der Waals surface area contributed by atoms with E-state index in [-0.39, 0.29) is 13.1 Å². The van der Waals surface area contributed by atoms with Gasteiger partial charge >= 0.3 is 0 Å². The van der Waals surface area contributed by atoms with E-state index in [0.717, 1.165) is 22.5 Å². The van der Waals surface area contributed by atoms with Gasteiger partial charge in [-0.15, -0.1) is 0 Å². The highest BCUT2D eigenvalue weighted by Gasteiger charge is 2.30. The Bertz CT molecular complexity index is 506. The summed E-state index contributed by atoms with van der Waals surface area (Å²) in [5.74, 6) is -2.10. The van der Waals surface area contributed by atoms with Crippen LogP contribution < -0.4 is 5.32 Å². The van der Waals surface area contributed by atoms with Gasteiger partial charge in [0.15, 0.2) is 4.90 Å². The topological polar surface area (TPSA) is 49.4 Å². The smallest absolute Gasteiger partial charge is 0.248 e. The van der Waals surface area contributed by atoms with Crippen LogP contribution >= 0.6 is 0 Å². The molecule has 0 saturated carbocycles. The predicted molar refractivity (Wildman–Crippen MR) is 62.6 cm³/mol. The fraction of sp³-hybridized carbons (Fsp3) is 0.455. The maximum absolute atomic E-state index is 13.5. The molecule has 1 N–H and O–H groups in total. The van der Waals surface area contributed by atoms with Gasteiger partial charge in [-0.25, -0.2) is 17.2 Å². The van der Waals surface area contributed by atoms with Crippen LogP contribution in [0, 0.1) is 11.6 Å². The lowest BCUT2D eigenvalue weighted by Crippen LogP contribution is -2.35. The lowest BCUT2D eigenvalue weighted by Gasteiger charge is -2.20. The molecule has 2 rings (SSSR count). The van der Waals surface area contributed by atoms with Crippen LogP contribution in [-0.4, -0.2) is 38.9 Å². The van der Waals surface area contributed by atoms with Crippen LogP contribution in [0.1, 0.15) is 6.42 Å². The fourth-order valence-electron chi connectivity index (χ4n) is 1.92. The molecule has 4 nitrogen and oxygen atoms in total. The Morgan fingerprint density at radius 1 is 1.11 bits per heavy atom. The van der Waals surface area contributed by atoms with Crippen LogP contribution in [0.3, 0.4) is 0 Å². The SMILES string of the molecule is O=S(=O)(c1c(F)cccc1F)N1CCCNCC1. The van der Waals surface area contributed by atoms with Crippen LogP contribution in [0.2, 0.25) is 0 Å². The Hall–Kier alpha value is -1.05. The average molecular weight is 276 g/mol. The molecular weight excluding hydrogens is 262 g/mol. The molecule has 0 atom stereocenters. The monoisotopic (exact) mass is 276 g/mol. The van der Waals surface area contributed by atoms with Gasteiger partial charge in [0.1, 0.15) is 11.6 Å². The summed E-state index contributed by atoms with van der Waals surface area (Å²) < 4.78 is 52.6. The predicted octanol–water partition coefficient (Wildman–Crippen LogP) is 0.949. The van der Waals surface area contributed by atoms with E-state index < -0.39 is 26.6 Å². The van der Waals surface area contributed by atoms with Gasteiger partial charge in [0, 0.05) is 19.6 Å². The Morgan fingerprint density at radius 3 is 2.44 bits per heavy atom. The molecule has 1 aliphatic heterocycles. The van der Waals surface area contributed by atoms with Crippen molar-refractivity contribution in [2.24, 2.45) is 0 Å². The van der Waals surface area contributed by atoms with Crippen molar-refractivity contribution >= 4 is 10.0 Å². The molecule has 0 amide bonds. The van der Waals surface area contributed by atoms with Gasteiger partial charge in [-0.2, -0.15) is 4.31 Å². The first-order chi connectivity index (χ1) is 8.53. The Kier molecular flexibility index (Phi) is 3.94. The summed E-state index contributed by atoms with van der Waals surface area (Å²) in [7, 11) is -4.10. The molecule has 0 bridgehead atoms. The van der Waals surface area contributed by atoms with Gasteiger partial charge in [-0.3, -0.25) is 0 Å². The number of nitrogens with one attached hydrogen (secondary N) is 1. The molecule has 1 fully saturated rings. The molecule has 0 aromatic heterocycles. The standard InChI is InChI=1S/C11H14F2N2O2S/c12-9-3-1-4-10(13)11(9)18(16,17)15-7-2-5-14-6-8-15/h1,3-4,14H,2,5-8H2. The van der Waals surface area contributed by atoms with E-state index in [9.17, 15) is 17.2 Å². The molecule has 0 unspecified atom stereocenters. The minimum absolute atomic E-state index is 0.218. The van der Waals surface area contributed by atoms with E-state index in [4.69, 9.17) is 0 Å². The van der Waals surface area contributed by atoms with Crippen molar-refractivity contribution in [1.29, 1.82) is 0 Å². The summed E-state index contributed by atoms with van der Waals surface area (Å²) in [5, 5.41) is 3.04. The van der Waals surface area contributed by atoms with Crippen LogP contribution in [0.15, 0.2) is 23.1 Å². The van der Waals surface area contributed by atoms with Gasteiger partial charge in [-0.05, 0) is 25.1 Å². The molecule has 1 aliphatic rings. The van der Waals surface area contributed by atoms with Gasteiger partial charge in [-0.1, -0.05) is 6.07 Å². The third-order valence-corrected chi connectivity index (χ3v) is 4.77. The van der Waals surface area contributed by atoms with E-state index in [0.29, 0.717) is 19.5 Å². The van der Waals surface area contributed by atoms with Crippen LogP contribution in [0.25, 0.3) is 0 Å². The Balaban J connectivity index is 2.41. The summed E-state index contributed by atoms with van der Waals surface area (Å²) in [6.07, 6.45) is 0.620. The summed E-state index contributed by atoms with van der Waals surface area (Å²) in [4.78, 5) is -0.855. The molecule has 0 aliphatic carbocycles. The highest BCUT2D eigenvalue weighted by molar-refractivity contribution is 7.89. The summed E-state index contributed by atoms with van der Waals surface area (Å²) in [6.45, 7) is 1.67. The summed E-state index contributed by atoms with van der Waals surface area (Å²) in [5.41, 5.74) is 0. The maximum Gasteiger partial charge on any atom is 0.248 e. The van der Waals surface area contributed by atoms with E-state index >= 15 is 0 Å². The third-order valence-electron chi connectivity index (χ3n) is 2.82. The lowest BCUT2D eigenvalue weighted by molar-refractivity contribution is 0.420. The van der Waals surface area contributed by atoms with Crippen LogP contribution in [0.5, 0.6) is 0 Å². The quantitative estimate of drug-likeness (QED) is 0.875. The Morgan fingerprint density at radius 2 is 1.78 bits per heavy atom. The number of hydrogen-bond donors (Lipinski definition) is 1. The zero-order valence-electron chi connectivity index (χ0n) is 9.70. The summed E-state index contributed by atoms with van der Waals surface area (Å²) >= 11 is 0. The zero-order valence-corrected chi connectivity index (χ0v) is 10.5. The normalized spacial score (nSPS) is 18.6. The van der Waals surface area contributed by atoms with E-state index in [2.05, 4.69) is 5.32 Å². The van der Waals surface area contributed by atoms with Crippen molar-refractivity contribution in [1.82, 2.24) is 9.62 Å². The first-order valence-corrected chi connectivity index (χ1v) is 7.12. The fourth-order valence-corrected chi connectivity index (χ4v) is 3.51. The van der Waals surface area contributed by atoms with Crippen molar-refractivity contribution in [3.05, 3.63) is 29.8 Å². The number of hydrogen-bond acceptors (Lipinski definition) is 3. The number of rotatable bonds is 2. The minimum atomic E-state index is -4.10. The van der Waals surface area contributed by atoms with E-state index in [1.54, 1.807) is 0 Å². The van der Waals surface area contributed by atoms with Gasteiger partial charge < -0.3 is 5.32 Å². The lowest BCUT2D eigenvalue weighted by atomic mass is 10.3. The maximum atomic E-state index is 13.5. The van der Waals surface area contributed by atoms with Crippen molar-refractivity contribution in [2.45, 2.75) is 11.3 Å². The molecule has 100 valence electrons. The Labute approximate surface area is 105 Å². The number of nitrogens with zero attached hydrogens (tertiary/aromatic N) is 1. The molecule has 0 spiro atoms. The largest absolute Gasteiger partial charge is 0.315 e. The minimum Gasteiger partial charge on any atom is -0.315 e. The highest BCUT2D eigenvalue weighted by Crippen LogP contribution is 2.22. The van der Waals surface area contributed by atoms with Crippen LogP contribution in [-0.2, 0) is 10.0 Å².